The second-order valence-electron chi connectivity index (χ2n) is 9.28. The topological polar surface area (TPSA) is 96.0 Å². The Morgan fingerprint density at radius 1 is 1.00 bits per heavy atom. The van der Waals surface area contributed by atoms with Crippen molar-refractivity contribution >= 4 is 39.1 Å². The number of aryl methyl sites for hydroxylation is 1. The smallest absolute Gasteiger partial charge is 0.264 e. The van der Waals surface area contributed by atoms with E-state index in [1.54, 1.807) is 24.3 Å². The van der Waals surface area contributed by atoms with Crippen molar-refractivity contribution in [2.75, 3.05) is 31.0 Å². The zero-order chi connectivity index (χ0) is 29.3. The van der Waals surface area contributed by atoms with Crippen LogP contribution in [0.15, 0.2) is 77.7 Å². The largest absolute Gasteiger partial charge is 0.495 e. The first-order valence-electron chi connectivity index (χ1n) is 13.2. The Balaban J connectivity index is 2.04. The Morgan fingerprint density at radius 2 is 1.68 bits per heavy atom. The number of amides is 2. The summed E-state index contributed by atoms with van der Waals surface area (Å²) in [5.74, 6) is -0.417. The fourth-order valence-electron chi connectivity index (χ4n) is 4.36. The second kappa shape index (κ2) is 14.2. The molecule has 0 aliphatic rings. The van der Waals surface area contributed by atoms with Crippen LogP contribution >= 0.6 is 11.6 Å². The molecule has 0 radical (unpaired) electrons. The number of halogens is 1. The van der Waals surface area contributed by atoms with E-state index in [-0.39, 0.29) is 28.1 Å². The predicted molar refractivity (Wildman–Crippen MR) is 158 cm³/mol. The minimum Gasteiger partial charge on any atom is -0.495 e. The number of benzene rings is 3. The van der Waals surface area contributed by atoms with Gasteiger partial charge in [0.2, 0.25) is 11.8 Å². The summed E-state index contributed by atoms with van der Waals surface area (Å²) >= 11 is 6.36. The molecule has 1 N–H and O–H groups in total. The first kappa shape index (κ1) is 31.0. The van der Waals surface area contributed by atoms with E-state index in [2.05, 4.69) is 5.32 Å². The van der Waals surface area contributed by atoms with Crippen LogP contribution in [-0.2, 0) is 26.0 Å². The van der Waals surface area contributed by atoms with Crippen LogP contribution in [0.4, 0.5) is 5.69 Å². The van der Waals surface area contributed by atoms with Crippen LogP contribution in [0, 0.1) is 6.92 Å². The summed E-state index contributed by atoms with van der Waals surface area (Å²) in [6.45, 7) is 5.62. The molecule has 3 aromatic carbocycles. The highest BCUT2D eigenvalue weighted by molar-refractivity contribution is 7.92. The Kier molecular flexibility index (Phi) is 11.0. The van der Waals surface area contributed by atoms with Gasteiger partial charge in [-0.05, 0) is 62.6 Å². The molecule has 0 saturated heterocycles. The third-order valence-corrected chi connectivity index (χ3v) is 8.62. The number of carbonyl (C=O) groups excluding carboxylic acids is 2. The van der Waals surface area contributed by atoms with E-state index in [4.69, 9.17) is 16.3 Å². The molecular formula is C30H36ClN3O5S. The van der Waals surface area contributed by atoms with Gasteiger partial charge in [0, 0.05) is 13.1 Å². The van der Waals surface area contributed by atoms with E-state index in [9.17, 15) is 18.0 Å². The minimum absolute atomic E-state index is 0.0319. The molecular weight excluding hydrogens is 550 g/mol. The summed E-state index contributed by atoms with van der Waals surface area (Å²) in [6, 6.07) is 19.8. The number of carbonyl (C=O) groups is 2. The van der Waals surface area contributed by atoms with Gasteiger partial charge in [-0.25, -0.2) is 8.42 Å². The molecule has 3 rings (SSSR count). The van der Waals surface area contributed by atoms with Crippen molar-refractivity contribution in [2.45, 2.75) is 44.6 Å². The van der Waals surface area contributed by atoms with Crippen molar-refractivity contribution in [1.29, 1.82) is 0 Å². The lowest BCUT2D eigenvalue weighted by Crippen LogP contribution is -2.53. The van der Waals surface area contributed by atoms with E-state index < -0.39 is 28.5 Å². The normalized spacial score (nSPS) is 11.9. The van der Waals surface area contributed by atoms with Gasteiger partial charge in [-0.1, -0.05) is 66.6 Å². The molecule has 214 valence electrons. The fourth-order valence-corrected chi connectivity index (χ4v) is 6.02. The zero-order valence-corrected chi connectivity index (χ0v) is 24.8. The fraction of sp³-hybridized carbons (Fsp3) is 0.333. The number of hydrogen-bond donors (Lipinski definition) is 1. The lowest BCUT2D eigenvalue weighted by molar-refractivity contribution is -0.139. The molecule has 10 heteroatoms. The molecule has 8 nitrogen and oxygen atoms in total. The van der Waals surface area contributed by atoms with E-state index >= 15 is 0 Å². The second-order valence-corrected chi connectivity index (χ2v) is 11.6. The monoisotopic (exact) mass is 585 g/mol. The molecule has 2 amide bonds. The zero-order valence-electron chi connectivity index (χ0n) is 23.3. The SMILES string of the molecule is CCNC(=O)C(CC)N(CCc1ccccc1)C(=O)CN(c1ccc(OC)c(Cl)c1)S(=O)(=O)c1ccc(C)cc1. The molecule has 0 bridgehead atoms. The summed E-state index contributed by atoms with van der Waals surface area (Å²) in [7, 11) is -2.72. The molecule has 0 aliphatic heterocycles. The predicted octanol–water partition coefficient (Wildman–Crippen LogP) is 4.84. The average molecular weight is 586 g/mol. The van der Waals surface area contributed by atoms with E-state index in [1.807, 2.05) is 51.1 Å². The maximum absolute atomic E-state index is 14.0. The number of rotatable bonds is 13. The number of nitrogens with zero attached hydrogens (tertiary/aromatic N) is 2. The highest BCUT2D eigenvalue weighted by Gasteiger charge is 2.33. The van der Waals surface area contributed by atoms with Gasteiger partial charge in [-0.3, -0.25) is 13.9 Å². The van der Waals surface area contributed by atoms with Crippen molar-refractivity contribution in [3.63, 3.8) is 0 Å². The van der Waals surface area contributed by atoms with Crippen molar-refractivity contribution in [2.24, 2.45) is 0 Å². The van der Waals surface area contributed by atoms with Gasteiger partial charge in [0.25, 0.3) is 10.0 Å². The Morgan fingerprint density at radius 3 is 2.25 bits per heavy atom. The summed E-state index contributed by atoms with van der Waals surface area (Å²) in [4.78, 5) is 28.5. The van der Waals surface area contributed by atoms with Gasteiger partial charge in [0.15, 0.2) is 0 Å². The molecule has 0 heterocycles. The van der Waals surface area contributed by atoms with Gasteiger partial charge in [0.05, 0.1) is 22.7 Å². The molecule has 40 heavy (non-hydrogen) atoms. The number of likely N-dealkylation sites (N-methyl/N-ethyl adjacent to an activating group) is 1. The molecule has 0 fully saturated rings. The summed E-state index contributed by atoms with van der Waals surface area (Å²) < 4.78 is 34.1. The molecule has 1 unspecified atom stereocenters. The van der Waals surface area contributed by atoms with Crippen LogP contribution in [0.25, 0.3) is 0 Å². The van der Waals surface area contributed by atoms with E-state index in [0.717, 1.165) is 15.4 Å². The molecule has 0 aliphatic carbocycles. The summed E-state index contributed by atoms with van der Waals surface area (Å²) in [6.07, 6.45) is 0.868. The van der Waals surface area contributed by atoms with Gasteiger partial charge in [-0.15, -0.1) is 0 Å². The van der Waals surface area contributed by atoms with Crippen molar-refractivity contribution < 1.29 is 22.7 Å². The average Bonchev–Trinajstić information content (AvgIpc) is 2.94. The van der Waals surface area contributed by atoms with Crippen LogP contribution in [0.3, 0.4) is 0 Å². The summed E-state index contributed by atoms with van der Waals surface area (Å²) in [5.41, 5.74) is 2.10. The van der Waals surface area contributed by atoms with Crippen molar-refractivity contribution in [1.82, 2.24) is 10.2 Å². The third-order valence-electron chi connectivity index (χ3n) is 6.53. The molecule has 0 spiro atoms. The van der Waals surface area contributed by atoms with Crippen LogP contribution in [0.1, 0.15) is 31.4 Å². The third kappa shape index (κ3) is 7.55. The highest BCUT2D eigenvalue weighted by Crippen LogP contribution is 2.32. The lowest BCUT2D eigenvalue weighted by Gasteiger charge is -2.33. The van der Waals surface area contributed by atoms with Gasteiger partial charge in [0.1, 0.15) is 18.3 Å². The molecule has 0 aromatic heterocycles. The summed E-state index contributed by atoms with van der Waals surface area (Å²) in [5, 5.41) is 3.00. The maximum Gasteiger partial charge on any atom is 0.264 e. The van der Waals surface area contributed by atoms with Crippen LogP contribution in [0.5, 0.6) is 5.75 Å². The maximum atomic E-state index is 14.0. The molecule has 3 aromatic rings. The first-order valence-corrected chi connectivity index (χ1v) is 15.0. The van der Waals surface area contributed by atoms with Gasteiger partial charge >= 0.3 is 0 Å². The van der Waals surface area contributed by atoms with E-state index in [1.165, 1.54) is 30.2 Å². The Labute approximate surface area is 241 Å². The molecule has 1 atom stereocenters. The van der Waals surface area contributed by atoms with Crippen LogP contribution in [0.2, 0.25) is 5.02 Å². The number of hydrogen-bond acceptors (Lipinski definition) is 5. The Bertz CT molecular complexity index is 1400. The van der Waals surface area contributed by atoms with Crippen molar-refractivity contribution in [3.8, 4) is 5.75 Å². The molecule has 0 saturated carbocycles. The first-order chi connectivity index (χ1) is 19.1. The quantitative estimate of drug-likeness (QED) is 0.310. The Hall–Kier alpha value is -3.56. The van der Waals surface area contributed by atoms with E-state index in [0.29, 0.717) is 25.1 Å². The van der Waals surface area contributed by atoms with Gasteiger partial charge < -0.3 is 15.0 Å². The highest BCUT2D eigenvalue weighted by atomic mass is 35.5. The number of methoxy groups -OCH3 is 1. The number of anilines is 1. The number of sulfonamides is 1. The van der Waals surface area contributed by atoms with Crippen LogP contribution in [-0.4, -0.2) is 57.9 Å². The number of ether oxygens (including phenoxy) is 1. The number of nitrogens with one attached hydrogen (secondary N) is 1. The van der Waals surface area contributed by atoms with Crippen LogP contribution < -0.4 is 14.4 Å². The minimum atomic E-state index is -4.18. The van der Waals surface area contributed by atoms with Gasteiger partial charge in [-0.2, -0.15) is 0 Å². The lowest BCUT2D eigenvalue weighted by atomic mass is 10.1. The van der Waals surface area contributed by atoms with Crippen molar-refractivity contribution in [3.05, 3.63) is 88.9 Å². The standard InChI is InChI=1S/C30H36ClN3O5S/c1-5-27(30(36)32-6-2)33(19-18-23-10-8-7-9-11-23)29(35)21-34(24-14-17-28(39-4)26(31)20-24)40(37,38)25-15-12-22(3)13-16-25/h7-17,20,27H,5-6,18-19,21H2,1-4H3,(H,32,36).